The Kier molecular flexibility index (Phi) is 3.98. The third-order valence-corrected chi connectivity index (χ3v) is 4.18. The number of aromatic nitrogens is 4. The van der Waals surface area contributed by atoms with E-state index < -0.39 is 0 Å². The minimum Gasteiger partial charge on any atom is -0.306 e. The molecule has 0 aromatic carbocycles. The highest BCUT2D eigenvalue weighted by Crippen LogP contribution is 2.17. The molecule has 2 aromatic rings. The number of anilines is 1. The summed E-state index contributed by atoms with van der Waals surface area (Å²) in [6.07, 6.45) is 2.01. The van der Waals surface area contributed by atoms with Crippen LogP contribution in [0.5, 0.6) is 0 Å². The number of rotatable bonds is 4. The van der Waals surface area contributed by atoms with Crippen molar-refractivity contribution in [1.82, 2.24) is 25.1 Å². The van der Waals surface area contributed by atoms with Crippen molar-refractivity contribution in [3.63, 3.8) is 0 Å². The standard InChI is InChI=1S/C13H18N6OS/c1-8-15-12-4-3-10(6-19(12)18-8)14-5-11-7-21-13(17-11)16-9(2)20/h7,10,14H,3-6H2,1-2H3,(H,16,17,20)/t10-/m1/s1. The number of carbonyl (C=O) groups excluding carboxylic acids is 1. The van der Waals surface area contributed by atoms with Gasteiger partial charge in [-0.25, -0.2) is 14.6 Å². The molecular formula is C13H18N6OS. The summed E-state index contributed by atoms with van der Waals surface area (Å²) in [6.45, 7) is 4.95. The summed E-state index contributed by atoms with van der Waals surface area (Å²) < 4.78 is 1.99. The molecule has 0 unspecified atom stereocenters. The van der Waals surface area contributed by atoms with Crippen LogP contribution in [0.2, 0.25) is 0 Å². The number of nitrogens with zero attached hydrogens (tertiary/aromatic N) is 4. The van der Waals surface area contributed by atoms with Crippen LogP contribution in [-0.2, 0) is 24.3 Å². The summed E-state index contributed by atoms with van der Waals surface area (Å²) in [5, 5.41) is 13.2. The Hall–Kier alpha value is -1.80. The second-order valence-corrected chi connectivity index (χ2v) is 6.06. The lowest BCUT2D eigenvalue weighted by molar-refractivity contribution is -0.114. The number of fused-ring (bicyclic) bond motifs is 1. The smallest absolute Gasteiger partial charge is 0.223 e. The summed E-state index contributed by atoms with van der Waals surface area (Å²) in [5.41, 5.74) is 0.948. The van der Waals surface area contributed by atoms with Gasteiger partial charge in [0.15, 0.2) is 5.13 Å². The van der Waals surface area contributed by atoms with Gasteiger partial charge in [-0.1, -0.05) is 0 Å². The Morgan fingerprint density at radius 3 is 3.19 bits per heavy atom. The Labute approximate surface area is 126 Å². The van der Waals surface area contributed by atoms with Crippen molar-refractivity contribution in [2.24, 2.45) is 0 Å². The zero-order valence-corrected chi connectivity index (χ0v) is 12.9. The van der Waals surface area contributed by atoms with E-state index in [2.05, 4.69) is 25.7 Å². The van der Waals surface area contributed by atoms with Crippen molar-refractivity contribution >= 4 is 22.4 Å². The quantitative estimate of drug-likeness (QED) is 0.884. The fourth-order valence-electron chi connectivity index (χ4n) is 2.45. The molecule has 3 rings (SSSR count). The first-order valence-corrected chi connectivity index (χ1v) is 7.84. The number of aryl methyl sites for hydroxylation is 2. The maximum Gasteiger partial charge on any atom is 0.223 e. The van der Waals surface area contributed by atoms with E-state index in [0.29, 0.717) is 17.7 Å². The maximum absolute atomic E-state index is 11.0. The van der Waals surface area contributed by atoms with Gasteiger partial charge < -0.3 is 10.6 Å². The molecule has 2 N–H and O–H groups in total. The highest BCUT2D eigenvalue weighted by molar-refractivity contribution is 7.13. The monoisotopic (exact) mass is 306 g/mol. The maximum atomic E-state index is 11.0. The van der Waals surface area contributed by atoms with Gasteiger partial charge in [0, 0.05) is 31.3 Å². The van der Waals surface area contributed by atoms with Crippen LogP contribution in [0, 0.1) is 6.92 Å². The topological polar surface area (TPSA) is 84.7 Å². The van der Waals surface area contributed by atoms with Gasteiger partial charge in [-0.3, -0.25) is 4.79 Å². The van der Waals surface area contributed by atoms with E-state index >= 15 is 0 Å². The molecule has 1 atom stereocenters. The van der Waals surface area contributed by atoms with Crippen molar-refractivity contribution < 1.29 is 4.79 Å². The zero-order valence-electron chi connectivity index (χ0n) is 12.1. The number of carbonyl (C=O) groups is 1. The number of hydrogen-bond acceptors (Lipinski definition) is 6. The largest absolute Gasteiger partial charge is 0.306 e. The van der Waals surface area contributed by atoms with Gasteiger partial charge in [0.1, 0.15) is 11.6 Å². The zero-order chi connectivity index (χ0) is 14.8. The molecule has 0 saturated heterocycles. The first-order chi connectivity index (χ1) is 10.1. The van der Waals surface area contributed by atoms with Crippen molar-refractivity contribution in [3.05, 3.63) is 22.7 Å². The lowest BCUT2D eigenvalue weighted by Crippen LogP contribution is -2.37. The van der Waals surface area contributed by atoms with Gasteiger partial charge in [-0.15, -0.1) is 11.3 Å². The number of hydrogen-bond donors (Lipinski definition) is 2. The minimum absolute atomic E-state index is 0.0924. The molecule has 112 valence electrons. The Bertz CT molecular complexity index is 649. The molecular weight excluding hydrogens is 288 g/mol. The van der Waals surface area contributed by atoms with E-state index in [1.807, 2.05) is 17.0 Å². The first-order valence-electron chi connectivity index (χ1n) is 6.96. The fraction of sp³-hybridized carbons (Fsp3) is 0.538. The molecule has 1 aliphatic heterocycles. The van der Waals surface area contributed by atoms with Crippen LogP contribution in [0.25, 0.3) is 0 Å². The van der Waals surface area contributed by atoms with Crippen LogP contribution < -0.4 is 10.6 Å². The second-order valence-electron chi connectivity index (χ2n) is 5.20. The lowest BCUT2D eigenvalue weighted by Gasteiger charge is -2.23. The van der Waals surface area contributed by atoms with Gasteiger partial charge in [0.05, 0.1) is 12.2 Å². The molecule has 1 amide bonds. The average molecular weight is 306 g/mol. The lowest BCUT2D eigenvalue weighted by atomic mass is 10.1. The molecule has 21 heavy (non-hydrogen) atoms. The highest BCUT2D eigenvalue weighted by Gasteiger charge is 2.20. The third-order valence-electron chi connectivity index (χ3n) is 3.37. The Balaban J connectivity index is 1.54. The van der Waals surface area contributed by atoms with E-state index in [-0.39, 0.29) is 5.91 Å². The fourth-order valence-corrected chi connectivity index (χ4v) is 3.20. The SMILES string of the molecule is CC(=O)Nc1nc(CN[C@@H]2CCc3nc(C)nn3C2)cs1. The van der Waals surface area contributed by atoms with Crippen LogP contribution in [0.3, 0.4) is 0 Å². The van der Waals surface area contributed by atoms with Gasteiger partial charge >= 0.3 is 0 Å². The molecule has 0 fully saturated rings. The number of amides is 1. The first kappa shape index (κ1) is 14.2. The minimum atomic E-state index is -0.0924. The molecule has 8 heteroatoms. The summed E-state index contributed by atoms with van der Waals surface area (Å²) in [6, 6.07) is 0.379. The molecule has 2 aromatic heterocycles. The predicted molar refractivity (Wildman–Crippen MR) is 80.1 cm³/mol. The Morgan fingerprint density at radius 1 is 1.52 bits per heavy atom. The van der Waals surface area contributed by atoms with Crippen LogP contribution in [0.15, 0.2) is 5.38 Å². The van der Waals surface area contributed by atoms with Crippen molar-refractivity contribution in [2.75, 3.05) is 5.32 Å². The molecule has 3 heterocycles. The average Bonchev–Trinajstić information content (AvgIpc) is 3.00. The number of thiazole rings is 1. The van der Waals surface area contributed by atoms with Gasteiger partial charge in [0.25, 0.3) is 0 Å². The second kappa shape index (κ2) is 5.90. The molecule has 0 bridgehead atoms. The van der Waals surface area contributed by atoms with Gasteiger partial charge in [0.2, 0.25) is 5.91 Å². The van der Waals surface area contributed by atoms with Gasteiger partial charge in [-0.2, -0.15) is 5.10 Å². The van der Waals surface area contributed by atoms with E-state index in [1.54, 1.807) is 0 Å². The molecule has 0 radical (unpaired) electrons. The van der Waals surface area contributed by atoms with Crippen LogP contribution in [0.4, 0.5) is 5.13 Å². The third kappa shape index (κ3) is 3.45. The van der Waals surface area contributed by atoms with E-state index in [0.717, 1.165) is 36.7 Å². The summed E-state index contributed by atoms with van der Waals surface area (Å²) in [7, 11) is 0. The molecule has 0 aliphatic carbocycles. The predicted octanol–water partition coefficient (Wildman–Crippen LogP) is 1.11. The molecule has 7 nitrogen and oxygen atoms in total. The highest BCUT2D eigenvalue weighted by atomic mass is 32.1. The van der Waals surface area contributed by atoms with Crippen LogP contribution in [-0.4, -0.2) is 31.7 Å². The van der Waals surface area contributed by atoms with Gasteiger partial charge in [-0.05, 0) is 13.3 Å². The molecule has 0 saturated carbocycles. The van der Waals surface area contributed by atoms with E-state index in [1.165, 1.54) is 18.3 Å². The van der Waals surface area contributed by atoms with E-state index in [4.69, 9.17) is 0 Å². The Morgan fingerprint density at radius 2 is 2.38 bits per heavy atom. The van der Waals surface area contributed by atoms with Crippen molar-refractivity contribution in [1.29, 1.82) is 0 Å². The molecule has 0 spiro atoms. The van der Waals surface area contributed by atoms with E-state index in [9.17, 15) is 4.79 Å². The summed E-state index contributed by atoms with van der Waals surface area (Å²) >= 11 is 1.45. The molecule has 1 aliphatic rings. The normalized spacial score (nSPS) is 17.5. The van der Waals surface area contributed by atoms with Crippen molar-refractivity contribution in [2.45, 2.75) is 45.8 Å². The number of nitrogens with one attached hydrogen (secondary N) is 2. The van der Waals surface area contributed by atoms with Crippen LogP contribution >= 0.6 is 11.3 Å². The summed E-state index contributed by atoms with van der Waals surface area (Å²) in [4.78, 5) is 19.8. The van der Waals surface area contributed by atoms with Crippen LogP contribution in [0.1, 0.15) is 30.7 Å². The van der Waals surface area contributed by atoms with Crippen molar-refractivity contribution in [3.8, 4) is 0 Å². The summed E-state index contributed by atoms with van der Waals surface area (Å²) in [5.74, 6) is 1.82.